The number of sulfonamides is 1. The van der Waals surface area contributed by atoms with Crippen molar-refractivity contribution in [3.8, 4) is 0 Å². The molecule has 9 heteroatoms. The molecule has 31 heavy (non-hydrogen) atoms. The lowest BCUT2D eigenvalue weighted by Crippen LogP contribution is -2.50. The Labute approximate surface area is 185 Å². The lowest BCUT2D eigenvalue weighted by Gasteiger charge is -2.34. The van der Waals surface area contributed by atoms with Crippen molar-refractivity contribution >= 4 is 21.8 Å². The summed E-state index contributed by atoms with van der Waals surface area (Å²) in [5.41, 5.74) is 2.40. The molecule has 1 saturated heterocycles. The van der Waals surface area contributed by atoms with E-state index in [2.05, 4.69) is 51.4 Å². The van der Waals surface area contributed by atoms with Crippen LogP contribution in [0.25, 0.3) is 0 Å². The van der Waals surface area contributed by atoms with Gasteiger partial charge in [0.05, 0.1) is 5.75 Å². The largest absolute Gasteiger partial charge is 0.355 e. The van der Waals surface area contributed by atoms with Crippen molar-refractivity contribution < 1.29 is 8.42 Å². The van der Waals surface area contributed by atoms with E-state index in [-0.39, 0.29) is 5.75 Å². The molecule has 0 unspecified atom stereocenters. The van der Waals surface area contributed by atoms with Crippen LogP contribution in [0.2, 0.25) is 0 Å². The van der Waals surface area contributed by atoms with Crippen molar-refractivity contribution in [1.82, 2.24) is 19.5 Å². The van der Waals surface area contributed by atoms with E-state index in [1.165, 1.54) is 11.1 Å². The Balaban J connectivity index is 1.46. The molecule has 1 aliphatic rings. The zero-order valence-electron chi connectivity index (χ0n) is 18.5. The van der Waals surface area contributed by atoms with Gasteiger partial charge >= 0.3 is 0 Å². The molecule has 1 fully saturated rings. The first kappa shape index (κ1) is 23.0. The van der Waals surface area contributed by atoms with Crippen LogP contribution in [0.4, 0.5) is 5.82 Å². The maximum Gasteiger partial charge on any atom is 0.215 e. The highest BCUT2D eigenvalue weighted by Gasteiger charge is 2.27. The quantitative estimate of drug-likeness (QED) is 0.516. The fourth-order valence-electron chi connectivity index (χ4n) is 3.58. The topological polar surface area (TPSA) is 81.1 Å². The summed E-state index contributed by atoms with van der Waals surface area (Å²) in [5, 5.41) is 3.18. The average molecular weight is 445 g/mol. The third kappa shape index (κ3) is 6.41. The minimum atomic E-state index is -3.33. The van der Waals surface area contributed by atoms with E-state index in [1.54, 1.807) is 17.5 Å². The number of aliphatic imine (C=N–C) groups is 1. The van der Waals surface area contributed by atoms with Crippen molar-refractivity contribution in [3.05, 3.63) is 59.8 Å². The number of nitrogens with zero attached hydrogens (tertiary/aromatic N) is 5. The van der Waals surface area contributed by atoms with Crippen molar-refractivity contribution in [3.63, 3.8) is 0 Å². The van der Waals surface area contributed by atoms with Gasteiger partial charge in [-0.15, -0.1) is 0 Å². The van der Waals surface area contributed by atoms with Crippen molar-refractivity contribution in [1.29, 1.82) is 0 Å². The minimum Gasteiger partial charge on any atom is -0.355 e. The summed E-state index contributed by atoms with van der Waals surface area (Å²) in [5.74, 6) is 1.60. The number of rotatable bonds is 7. The summed E-state index contributed by atoms with van der Waals surface area (Å²) in [7, 11) is 0.321. The number of hydrogen-bond acceptors (Lipinski definition) is 5. The Morgan fingerprint density at radius 2 is 1.84 bits per heavy atom. The number of anilines is 1. The molecule has 1 N–H and O–H groups in total. The van der Waals surface area contributed by atoms with Crippen LogP contribution in [0.15, 0.2) is 53.7 Å². The van der Waals surface area contributed by atoms with Crippen LogP contribution in [0, 0.1) is 6.92 Å². The molecular weight excluding hydrogens is 412 g/mol. The summed E-state index contributed by atoms with van der Waals surface area (Å²) in [6.45, 7) is 5.31. The van der Waals surface area contributed by atoms with Gasteiger partial charge in [-0.3, -0.25) is 4.99 Å². The number of piperazine rings is 1. The van der Waals surface area contributed by atoms with Crippen LogP contribution in [-0.2, 0) is 16.6 Å². The molecule has 0 bridgehead atoms. The first-order chi connectivity index (χ1) is 14.9. The SMILES string of the molecule is CN=C(NCCS(=O)(=O)N1CCN(c2ccccn2)CC1)N(C)Cc1ccc(C)cc1. The minimum absolute atomic E-state index is 0.0357. The molecule has 1 aromatic heterocycles. The van der Waals surface area contributed by atoms with Crippen LogP contribution in [0.3, 0.4) is 0 Å². The van der Waals surface area contributed by atoms with Gasteiger partial charge in [0.1, 0.15) is 5.82 Å². The third-order valence-electron chi connectivity index (χ3n) is 5.36. The standard InChI is InChI=1S/C22H32N6O2S/c1-19-7-9-20(10-8-19)18-26(3)22(23-2)25-12-17-31(29,30)28-15-13-27(14-16-28)21-6-4-5-11-24-21/h4-11H,12-18H2,1-3H3,(H,23,25). The third-order valence-corrected chi connectivity index (χ3v) is 7.23. The summed E-state index contributed by atoms with van der Waals surface area (Å²) in [6.07, 6.45) is 1.76. The number of nitrogens with one attached hydrogen (secondary N) is 1. The molecular formula is C22H32N6O2S. The molecule has 3 rings (SSSR count). The van der Waals surface area contributed by atoms with E-state index in [9.17, 15) is 8.42 Å². The maximum absolute atomic E-state index is 12.8. The van der Waals surface area contributed by atoms with Gasteiger partial charge in [-0.05, 0) is 24.6 Å². The summed E-state index contributed by atoms with van der Waals surface area (Å²) >= 11 is 0. The number of guanidine groups is 1. The molecule has 1 aliphatic heterocycles. The van der Waals surface area contributed by atoms with E-state index in [1.807, 2.05) is 30.1 Å². The highest BCUT2D eigenvalue weighted by atomic mass is 32.2. The fourth-order valence-corrected chi connectivity index (χ4v) is 4.92. The Bertz CT molecular complexity index is 955. The second-order valence-corrected chi connectivity index (χ2v) is 9.79. The number of benzene rings is 1. The van der Waals surface area contributed by atoms with Gasteiger partial charge in [0, 0.05) is 59.6 Å². The molecule has 2 aromatic rings. The monoisotopic (exact) mass is 444 g/mol. The van der Waals surface area contributed by atoms with E-state index in [0.717, 1.165) is 5.82 Å². The number of aryl methyl sites for hydroxylation is 1. The van der Waals surface area contributed by atoms with Gasteiger partial charge in [-0.1, -0.05) is 35.9 Å². The van der Waals surface area contributed by atoms with Gasteiger partial charge in [0.25, 0.3) is 0 Å². The van der Waals surface area contributed by atoms with Gasteiger partial charge in [0.15, 0.2) is 5.96 Å². The predicted octanol–water partition coefficient (Wildman–Crippen LogP) is 1.55. The highest BCUT2D eigenvalue weighted by molar-refractivity contribution is 7.89. The first-order valence-electron chi connectivity index (χ1n) is 10.5. The smallest absolute Gasteiger partial charge is 0.215 e. The predicted molar refractivity (Wildman–Crippen MR) is 126 cm³/mol. The second kappa shape index (κ2) is 10.6. The van der Waals surface area contributed by atoms with E-state index >= 15 is 0 Å². The van der Waals surface area contributed by atoms with Gasteiger partial charge < -0.3 is 15.1 Å². The number of hydrogen-bond donors (Lipinski definition) is 1. The van der Waals surface area contributed by atoms with Crippen molar-refractivity contribution in [2.45, 2.75) is 13.5 Å². The molecule has 1 aromatic carbocycles. The first-order valence-corrected chi connectivity index (χ1v) is 12.1. The number of aromatic nitrogens is 1. The summed E-state index contributed by atoms with van der Waals surface area (Å²) < 4.78 is 27.2. The van der Waals surface area contributed by atoms with Gasteiger partial charge in [0.2, 0.25) is 10.0 Å². The molecule has 0 spiro atoms. The van der Waals surface area contributed by atoms with Crippen molar-refractivity contribution in [2.24, 2.45) is 4.99 Å². The normalized spacial score (nSPS) is 15.7. The van der Waals surface area contributed by atoms with Gasteiger partial charge in [-0.25, -0.2) is 13.4 Å². The van der Waals surface area contributed by atoms with Gasteiger partial charge in [-0.2, -0.15) is 4.31 Å². The van der Waals surface area contributed by atoms with Crippen molar-refractivity contribution in [2.75, 3.05) is 57.5 Å². The molecule has 0 radical (unpaired) electrons. The van der Waals surface area contributed by atoms with Crippen LogP contribution in [0.1, 0.15) is 11.1 Å². The fraction of sp³-hybridized carbons (Fsp3) is 0.455. The average Bonchev–Trinajstić information content (AvgIpc) is 2.79. The van der Waals surface area contributed by atoms with E-state index in [0.29, 0.717) is 45.2 Å². The highest BCUT2D eigenvalue weighted by Crippen LogP contribution is 2.14. The molecule has 0 amide bonds. The van der Waals surface area contributed by atoms with E-state index in [4.69, 9.17) is 0 Å². The Kier molecular flexibility index (Phi) is 7.86. The van der Waals surface area contributed by atoms with Crippen LogP contribution in [-0.4, -0.2) is 81.1 Å². The van der Waals surface area contributed by atoms with Crippen LogP contribution >= 0.6 is 0 Å². The molecule has 0 aliphatic carbocycles. The summed E-state index contributed by atoms with van der Waals surface area (Å²) in [4.78, 5) is 12.7. The second-order valence-electron chi connectivity index (χ2n) is 7.71. The Morgan fingerprint density at radius 1 is 1.13 bits per heavy atom. The maximum atomic E-state index is 12.8. The molecule has 0 saturated carbocycles. The molecule has 8 nitrogen and oxygen atoms in total. The zero-order valence-corrected chi connectivity index (χ0v) is 19.3. The van der Waals surface area contributed by atoms with E-state index < -0.39 is 10.0 Å². The Hall–Kier alpha value is -2.65. The molecule has 0 atom stereocenters. The molecule has 2 heterocycles. The van der Waals surface area contributed by atoms with Crippen LogP contribution < -0.4 is 10.2 Å². The zero-order chi connectivity index (χ0) is 22.3. The van der Waals surface area contributed by atoms with Crippen LogP contribution in [0.5, 0.6) is 0 Å². The lowest BCUT2D eigenvalue weighted by molar-refractivity contribution is 0.383. The number of pyridine rings is 1. The summed E-state index contributed by atoms with van der Waals surface area (Å²) in [6, 6.07) is 14.1. The molecule has 168 valence electrons. The Morgan fingerprint density at radius 3 is 2.45 bits per heavy atom. The lowest BCUT2D eigenvalue weighted by atomic mass is 10.1.